The van der Waals surface area contributed by atoms with Gasteiger partial charge in [-0.25, -0.2) is 0 Å². The van der Waals surface area contributed by atoms with Crippen molar-refractivity contribution < 1.29 is 23.8 Å². The molecule has 4 fully saturated rings. The van der Waals surface area contributed by atoms with E-state index in [9.17, 15) is 9.59 Å². The number of carbonyl (C=O) groups excluding carboxylic acids is 2. The lowest BCUT2D eigenvalue weighted by atomic mass is 9.49. The quantitative estimate of drug-likeness (QED) is 0.586. The highest BCUT2D eigenvalue weighted by Crippen LogP contribution is 2.64. The van der Waals surface area contributed by atoms with Crippen LogP contribution in [0.3, 0.4) is 0 Å². The fourth-order valence-corrected chi connectivity index (χ4v) is 6.81. The summed E-state index contributed by atoms with van der Waals surface area (Å²) in [5, 5.41) is 2.77. The number of nitrogens with one attached hydrogen (secondary N) is 1. The summed E-state index contributed by atoms with van der Waals surface area (Å²) in [5.41, 5.74) is -0.490. The topological polar surface area (TPSA) is 73.9 Å². The smallest absolute Gasteiger partial charge is 0.312 e. The summed E-state index contributed by atoms with van der Waals surface area (Å²) in [6.07, 6.45) is 5.30. The Kier molecular flexibility index (Phi) is 4.65. The van der Waals surface area contributed by atoms with Gasteiger partial charge in [-0.1, -0.05) is 12.1 Å². The minimum atomic E-state index is -0.490. The Labute approximate surface area is 175 Å². The molecule has 6 nitrogen and oxygen atoms in total. The first kappa shape index (κ1) is 19.0. The molecule has 2 unspecified atom stereocenters. The highest BCUT2D eigenvalue weighted by atomic mass is 35.5. The number of halogens is 1. The molecule has 5 aliphatic rings. The number of rotatable bonds is 5. The molecule has 1 aromatic carbocycles. The van der Waals surface area contributed by atoms with Gasteiger partial charge in [0.15, 0.2) is 18.1 Å². The molecule has 0 spiro atoms. The summed E-state index contributed by atoms with van der Waals surface area (Å²) in [5.74, 6) is 1.82. The molecule has 156 valence electrons. The second-order valence-electron chi connectivity index (χ2n) is 9.27. The fourth-order valence-electron chi connectivity index (χ4n) is 6.12. The zero-order valence-corrected chi connectivity index (χ0v) is 17.1. The van der Waals surface area contributed by atoms with Gasteiger partial charge < -0.3 is 19.5 Å². The number of ether oxygens (including phenoxy) is 3. The lowest BCUT2D eigenvalue weighted by Gasteiger charge is -2.58. The van der Waals surface area contributed by atoms with Crippen LogP contribution in [0.25, 0.3) is 0 Å². The van der Waals surface area contributed by atoms with Gasteiger partial charge in [-0.15, -0.1) is 11.6 Å². The van der Waals surface area contributed by atoms with Crippen molar-refractivity contribution in [2.75, 3.05) is 19.8 Å². The molecule has 1 aliphatic heterocycles. The minimum absolute atomic E-state index is 0.250. The number of fused-ring (bicyclic) bond motifs is 1. The lowest BCUT2D eigenvalue weighted by molar-refractivity contribution is -0.171. The van der Waals surface area contributed by atoms with Crippen LogP contribution in [0, 0.1) is 17.3 Å². The SMILES string of the molecule is O=C(COC(=O)C12C[C@@H]3C[C@@H](CC(Cl)(C3)C1)C2)NC[C@H]1COc2ccccc2O1. The van der Waals surface area contributed by atoms with Crippen LogP contribution in [-0.2, 0) is 14.3 Å². The molecule has 4 saturated carbocycles. The van der Waals surface area contributed by atoms with Gasteiger partial charge in [-0.2, -0.15) is 0 Å². The molecule has 4 bridgehead atoms. The van der Waals surface area contributed by atoms with E-state index in [4.69, 9.17) is 25.8 Å². The van der Waals surface area contributed by atoms with Gasteiger partial charge in [0.2, 0.25) is 0 Å². The first-order valence-corrected chi connectivity index (χ1v) is 10.8. The monoisotopic (exact) mass is 419 g/mol. The van der Waals surface area contributed by atoms with Crippen molar-refractivity contribution in [3.63, 3.8) is 0 Å². The van der Waals surface area contributed by atoms with Gasteiger partial charge in [0.25, 0.3) is 5.91 Å². The zero-order valence-electron chi connectivity index (χ0n) is 16.3. The second-order valence-corrected chi connectivity index (χ2v) is 10.1. The van der Waals surface area contributed by atoms with Gasteiger partial charge in [-0.3, -0.25) is 9.59 Å². The second kappa shape index (κ2) is 7.08. The summed E-state index contributed by atoms with van der Waals surface area (Å²) in [4.78, 5) is 24.8. The third-order valence-corrected chi connectivity index (χ3v) is 7.29. The Bertz CT molecular complexity index is 813. The third-order valence-electron chi connectivity index (χ3n) is 6.85. The molecule has 29 heavy (non-hydrogen) atoms. The van der Waals surface area contributed by atoms with Crippen molar-refractivity contribution in [2.45, 2.75) is 49.5 Å². The van der Waals surface area contributed by atoms with E-state index in [1.54, 1.807) is 0 Å². The van der Waals surface area contributed by atoms with E-state index in [1.165, 1.54) is 6.42 Å². The maximum absolute atomic E-state index is 12.9. The van der Waals surface area contributed by atoms with Crippen molar-refractivity contribution in [1.82, 2.24) is 5.32 Å². The number of para-hydroxylation sites is 2. The Morgan fingerprint density at radius 1 is 1.14 bits per heavy atom. The van der Waals surface area contributed by atoms with E-state index in [1.807, 2.05) is 24.3 Å². The van der Waals surface area contributed by atoms with E-state index in [0.717, 1.165) is 25.7 Å². The summed E-state index contributed by atoms with van der Waals surface area (Å²) in [6.45, 7) is 0.390. The predicted molar refractivity (Wildman–Crippen MR) is 106 cm³/mol. The van der Waals surface area contributed by atoms with Crippen molar-refractivity contribution in [3.8, 4) is 11.5 Å². The number of hydrogen-bond donors (Lipinski definition) is 1. The fraction of sp³-hybridized carbons (Fsp3) is 0.636. The van der Waals surface area contributed by atoms with E-state index >= 15 is 0 Å². The summed E-state index contributed by atoms with van der Waals surface area (Å²) in [7, 11) is 0. The van der Waals surface area contributed by atoms with Crippen LogP contribution >= 0.6 is 11.6 Å². The summed E-state index contributed by atoms with van der Waals surface area (Å²) < 4.78 is 16.9. The average molecular weight is 420 g/mol. The molecular weight excluding hydrogens is 394 g/mol. The van der Waals surface area contributed by atoms with Crippen LogP contribution in [0.4, 0.5) is 0 Å². The molecule has 5 atom stereocenters. The number of carbonyl (C=O) groups is 2. The molecule has 1 amide bonds. The Hall–Kier alpha value is -1.95. The summed E-state index contributed by atoms with van der Waals surface area (Å²) >= 11 is 6.79. The van der Waals surface area contributed by atoms with Crippen LogP contribution in [-0.4, -0.2) is 42.6 Å². The highest BCUT2D eigenvalue weighted by Gasteiger charge is 2.60. The van der Waals surface area contributed by atoms with Crippen LogP contribution in [0.5, 0.6) is 11.5 Å². The maximum atomic E-state index is 12.9. The number of esters is 1. The molecule has 7 heteroatoms. The number of amides is 1. The molecule has 0 radical (unpaired) electrons. The van der Waals surface area contributed by atoms with Crippen LogP contribution < -0.4 is 14.8 Å². The standard InChI is InChI=1S/C22H26ClNO5/c23-22-8-14-5-15(9-22)7-21(6-14,13-22)20(26)28-12-19(25)24-10-16-11-27-17-3-1-2-4-18(17)29-16/h1-4,14-16H,5-13H2,(H,24,25)/t14-,15+,16-,21?,22?/m0/s1. The van der Waals surface area contributed by atoms with Crippen LogP contribution in [0.2, 0.25) is 0 Å². The lowest BCUT2D eigenvalue weighted by Crippen LogP contribution is -2.56. The van der Waals surface area contributed by atoms with Gasteiger partial charge in [0.05, 0.1) is 12.0 Å². The molecular formula is C22H26ClNO5. The van der Waals surface area contributed by atoms with Crippen LogP contribution in [0.1, 0.15) is 38.5 Å². The molecule has 4 aliphatic carbocycles. The largest absolute Gasteiger partial charge is 0.486 e. The van der Waals surface area contributed by atoms with Crippen molar-refractivity contribution in [3.05, 3.63) is 24.3 Å². The maximum Gasteiger partial charge on any atom is 0.312 e. The predicted octanol–water partition coefficient (Wildman–Crippen LogP) is 3.06. The van der Waals surface area contributed by atoms with Gasteiger partial charge >= 0.3 is 5.97 Å². The van der Waals surface area contributed by atoms with E-state index in [0.29, 0.717) is 42.9 Å². The highest BCUT2D eigenvalue weighted by molar-refractivity contribution is 6.24. The molecule has 1 aromatic rings. The Morgan fingerprint density at radius 3 is 2.59 bits per heavy atom. The summed E-state index contributed by atoms with van der Waals surface area (Å²) in [6, 6.07) is 7.44. The van der Waals surface area contributed by atoms with E-state index in [-0.39, 0.29) is 29.5 Å². The normalized spacial score (nSPS) is 36.5. The van der Waals surface area contributed by atoms with Crippen molar-refractivity contribution in [1.29, 1.82) is 0 Å². The van der Waals surface area contributed by atoms with Gasteiger partial charge in [0.1, 0.15) is 12.7 Å². The van der Waals surface area contributed by atoms with Crippen molar-refractivity contribution >= 4 is 23.5 Å². The zero-order chi connectivity index (χ0) is 20.1. The number of benzene rings is 1. The first-order valence-electron chi connectivity index (χ1n) is 10.4. The van der Waals surface area contributed by atoms with Gasteiger partial charge in [0, 0.05) is 4.87 Å². The van der Waals surface area contributed by atoms with E-state index < -0.39 is 5.41 Å². The van der Waals surface area contributed by atoms with Crippen molar-refractivity contribution in [2.24, 2.45) is 17.3 Å². The first-order chi connectivity index (χ1) is 13.9. The molecule has 0 aromatic heterocycles. The number of hydrogen-bond acceptors (Lipinski definition) is 5. The molecule has 1 heterocycles. The molecule has 6 rings (SSSR count). The third kappa shape index (κ3) is 3.67. The average Bonchev–Trinajstić information content (AvgIpc) is 2.68. The van der Waals surface area contributed by atoms with Crippen LogP contribution in [0.15, 0.2) is 24.3 Å². The minimum Gasteiger partial charge on any atom is -0.486 e. The Morgan fingerprint density at radius 2 is 1.86 bits per heavy atom. The molecule has 1 N–H and O–H groups in total. The van der Waals surface area contributed by atoms with Gasteiger partial charge in [-0.05, 0) is 62.5 Å². The number of alkyl halides is 1. The Balaban J connectivity index is 1.11. The molecule has 0 saturated heterocycles. The van der Waals surface area contributed by atoms with E-state index in [2.05, 4.69) is 5.32 Å².